The average molecular weight is 191 g/mol. The van der Waals surface area contributed by atoms with Gasteiger partial charge < -0.3 is 0 Å². The molecule has 0 N–H and O–H groups in total. The van der Waals surface area contributed by atoms with E-state index < -0.39 is 0 Å². The van der Waals surface area contributed by atoms with Crippen LogP contribution in [-0.4, -0.2) is 5.04 Å². The van der Waals surface area contributed by atoms with Crippen molar-refractivity contribution in [3.63, 3.8) is 0 Å². The van der Waals surface area contributed by atoms with E-state index in [2.05, 4.69) is 50.0 Å². The van der Waals surface area contributed by atoms with E-state index in [4.69, 9.17) is 0 Å². The smallest absolute Gasteiger partial charge is 0.0820 e. The van der Waals surface area contributed by atoms with E-state index in [1.807, 2.05) is 0 Å². The van der Waals surface area contributed by atoms with E-state index in [1.54, 1.807) is 11.8 Å². The summed E-state index contributed by atoms with van der Waals surface area (Å²) in [6.45, 7) is 6.40. The Labute approximate surface area is 83.3 Å². The fourth-order valence-electron chi connectivity index (χ4n) is 1.70. The summed E-state index contributed by atoms with van der Waals surface area (Å²) in [4.78, 5) is 5.98. The molecule has 0 aromatic heterocycles. The maximum absolute atomic E-state index is 4.64. The molecule has 1 aliphatic heterocycles. The number of benzene rings is 1. The summed E-state index contributed by atoms with van der Waals surface area (Å²) in [5, 5.41) is 1.16. The van der Waals surface area contributed by atoms with Gasteiger partial charge in [0.25, 0.3) is 0 Å². The second-order valence-corrected chi connectivity index (χ2v) is 5.02. The van der Waals surface area contributed by atoms with Crippen LogP contribution in [0, 0.1) is 0 Å². The second-order valence-electron chi connectivity index (χ2n) is 3.79. The number of fused-ring (bicyclic) bond motifs is 1. The van der Waals surface area contributed by atoms with Crippen LogP contribution in [0.4, 0.5) is 0 Å². The van der Waals surface area contributed by atoms with Crippen LogP contribution in [0.15, 0.2) is 34.2 Å². The minimum absolute atomic E-state index is 0.0497. The topological polar surface area (TPSA) is 12.4 Å². The number of hydrogen-bond acceptors (Lipinski definition) is 2. The zero-order valence-corrected chi connectivity index (χ0v) is 8.98. The van der Waals surface area contributed by atoms with Gasteiger partial charge in [-0.2, -0.15) is 0 Å². The van der Waals surface area contributed by atoms with E-state index in [1.165, 1.54) is 10.5 Å². The van der Waals surface area contributed by atoms with Crippen molar-refractivity contribution in [1.82, 2.24) is 0 Å². The van der Waals surface area contributed by atoms with Crippen LogP contribution in [-0.2, 0) is 5.54 Å². The van der Waals surface area contributed by atoms with Crippen LogP contribution in [0.1, 0.15) is 26.3 Å². The standard InChI is InChI=1S/C11H13NS/c1-8-12-11(2,3)9-6-4-5-7-10(9)13-8/h4-7H,1-3H3. The Morgan fingerprint density at radius 3 is 2.69 bits per heavy atom. The van der Waals surface area contributed by atoms with E-state index in [-0.39, 0.29) is 5.54 Å². The molecule has 0 unspecified atom stereocenters. The first-order valence-corrected chi connectivity index (χ1v) is 5.25. The van der Waals surface area contributed by atoms with Crippen molar-refractivity contribution in [3.05, 3.63) is 29.8 Å². The minimum Gasteiger partial charge on any atom is -0.272 e. The van der Waals surface area contributed by atoms with Crippen molar-refractivity contribution in [3.8, 4) is 0 Å². The molecule has 0 aliphatic carbocycles. The Morgan fingerprint density at radius 1 is 1.23 bits per heavy atom. The molecule has 0 bridgehead atoms. The highest BCUT2D eigenvalue weighted by molar-refractivity contribution is 8.14. The van der Waals surface area contributed by atoms with Gasteiger partial charge in [0.15, 0.2) is 0 Å². The quantitative estimate of drug-likeness (QED) is 0.612. The molecule has 0 saturated carbocycles. The molecule has 13 heavy (non-hydrogen) atoms. The highest BCUT2D eigenvalue weighted by atomic mass is 32.2. The molecule has 68 valence electrons. The lowest BCUT2D eigenvalue weighted by Gasteiger charge is -2.28. The number of aliphatic imine (C=N–C) groups is 1. The Kier molecular flexibility index (Phi) is 1.95. The molecular formula is C11H13NS. The van der Waals surface area contributed by atoms with Crippen molar-refractivity contribution in [1.29, 1.82) is 0 Å². The average Bonchev–Trinajstić information content (AvgIpc) is 2.02. The van der Waals surface area contributed by atoms with E-state index in [9.17, 15) is 0 Å². The van der Waals surface area contributed by atoms with Gasteiger partial charge in [-0.1, -0.05) is 30.0 Å². The molecule has 1 aliphatic rings. The Hall–Kier alpha value is -0.760. The molecule has 0 fully saturated rings. The first-order chi connectivity index (χ1) is 6.09. The lowest BCUT2D eigenvalue weighted by molar-refractivity contribution is 0.546. The van der Waals surface area contributed by atoms with Crippen LogP contribution >= 0.6 is 11.8 Å². The molecule has 0 atom stereocenters. The molecule has 1 aromatic carbocycles. The van der Waals surface area contributed by atoms with Gasteiger partial charge in [-0.3, -0.25) is 4.99 Å². The van der Waals surface area contributed by atoms with Gasteiger partial charge in [0.1, 0.15) is 0 Å². The van der Waals surface area contributed by atoms with Crippen LogP contribution in [0.25, 0.3) is 0 Å². The van der Waals surface area contributed by atoms with Crippen LogP contribution < -0.4 is 0 Å². The highest BCUT2D eigenvalue weighted by Gasteiger charge is 2.26. The molecular weight excluding hydrogens is 178 g/mol. The van der Waals surface area contributed by atoms with Gasteiger partial charge in [-0.25, -0.2) is 0 Å². The predicted octanol–water partition coefficient (Wildman–Crippen LogP) is 3.45. The lowest BCUT2D eigenvalue weighted by Crippen LogP contribution is -2.19. The van der Waals surface area contributed by atoms with Crippen molar-refractivity contribution in [2.75, 3.05) is 0 Å². The van der Waals surface area contributed by atoms with Crippen LogP contribution in [0.2, 0.25) is 0 Å². The molecule has 2 heteroatoms. The van der Waals surface area contributed by atoms with Crippen LogP contribution in [0.3, 0.4) is 0 Å². The van der Waals surface area contributed by atoms with Gasteiger partial charge in [0, 0.05) is 4.90 Å². The summed E-state index contributed by atoms with van der Waals surface area (Å²) in [5.74, 6) is 0. The molecule has 1 heterocycles. The molecule has 0 saturated heterocycles. The van der Waals surface area contributed by atoms with Crippen molar-refractivity contribution < 1.29 is 0 Å². The van der Waals surface area contributed by atoms with Crippen LogP contribution in [0.5, 0.6) is 0 Å². The maximum Gasteiger partial charge on any atom is 0.0820 e. The molecule has 0 spiro atoms. The van der Waals surface area contributed by atoms with E-state index >= 15 is 0 Å². The Morgan fingerprint density at radius 2 is 1.92 bits per heavy atom. The normalized spacial score (nSPS) is 19.2. The van der Waals surface area contributed by atoms with E-state index in [0.717, 1.165) is 5.04 Å². The van der Waals surface area contributed by atoms with Crippen molar-refractivity contribution in [2.45, 2.75) is 31.2 Å². The first-order valence-electron chi connectivity index (χ1n) is 4.43. The summed E-state index contributed by atoms with van der Waals surface area (Å²) in [6.07, 6.45) is 0. The van der Waals surface area contributed by atoms with Crippen molar-refractivity contribution >= 4 is 16.8 Å². The summed E-state index contributed by atoms with van der Waals surface area (Å²) in [6, 6.07) is 8.50. The highest BCUT2D eigenvalue weighted by Crippen LogP contribution is 2.39. The van der Waals surface area contributed by atoms with Gasteiger partial charge in [0.05, 0.1) is 10.6 Å². The predicted molar refractivity (Wildman–Crippen MR) is 58.4 cm³/mol. The summed E-state index contributed by atoms with van der Waals surface area (Å²) < 4.78 is 0. The number of hydrogen-bond donors (Lipinski definition) is 0. The van der Waals surface area contributed by atoms with Gasteiger partial charge in [-0.05, 0) is 32.4 Å². The molecule has 1 aromatic rings. The number of thioether (sulfide) groups is 1. The monoisotopic (exact) mass is 191 g/mol. The molecule has 1 nitrogen and oxygen atoms in total. The summed E-state index contributed by atoms with van der Waals surface area (Å²) in [5.41, 5.74) is 1.29. The lowest BCUT2D eigenvalue weighted by atomic mass is 9.95. The van der Waals surface area contributed by atoms with Gasteiger partial charge in [-0.15, -0.1) is 0 Å². The largest absolute Gasteiger partial charge is 0.272 e. The van der Waals surface area contributed by atoms with Crippen molar-refractivity contribution in [2.24, 2.45) is 4.99 Å². The third kappa shape index (κ3) is 1.51. The number of rotatable bonds is 0. The first kappa shape index (κ1) is 8.82. The molecule has 0 radical (unpaired) electrons. The van der Waals surface area contributed by atoms with Gasteiger partial charge in [0.2, 0.25) is 0 Å². The maximum atomic E-state index is 4.64. The summed E-state index contributed by atoms with van der Waals surface area (Å²) >= 11 is 1.76. The third-order valence-corrected chi connectivity index (χ3v) is 3.20. The zero-order chi connectivity index (χ0) is 9.47. The number of nitrogens with zero attached hydrogens (tertiary/aromatic N) is 1. The Balaban J connectivity index is 2.58. The fourth-order valence-corrected chi connectivity index (χ4v) is 2.86. The SMILES string of the molecule is CC1=NC(C)(C)c2ccccc2S1. The summed E-state index contributed by atoms with van der Waals surface area (Å²) in [7, 11) is 0. The zero-order valence-electron chi connectivity index (χ0n) is 8.16. The third-order valence-electron chi connectivity index (χ3n) is 2.24. The van der Waals surface area contributed by atoms with E-state index in [0.29, 0.717) is 0 Å². The molecule has 2 rings (SSSR count). The molecule has 0 amide bonds. The second kappa shape index (κ2) is 2.88. The Bertz CT molecular complexity index is 366. The van der Waals surface area contributed by atoms with Gasteiger partial charge >= 0.3 is 0 Å². The minimum atomic E-state index is -0.0497. The fraction of sp³-hybridized carbons (Fsp3) is 0.364.